The van der Waals surface area contributed by atoms with E-state index >= 15 is 0 Å². The van der Waals surface area contributed by atoms with Gasteiger partial charge in [0.1, 0.15) is 5.82 Å². The molecule has 0 fully saturated rings. The molecule has 2 heterocycles. The predicted molar refractivity (Wildman–Crippen MR) is 93.2 cm³/mol. The summed E-state index contributed by atoms with van der Waals surface area (Å²) in [6, 6.07) is 16.1. The highest BCUT2D eigenvalue weighted by Crippen LogP contribution is 2.28. The van der Waals surface area contributed by atoms with Crippen LogP contribution in [0.3, 0.4) is 0 Å². The normalized spacial score (nSPS) is 13.6. The van der Waals surface area contributed by atoms with Gasteiger partial charge in [-0.2, -0.15) is 5.10 Å². The number of carbonyl (C=O) groups excluding carboxylic acids is 1. The third-order valence-electron chi connectivity index (χ3n) is 4.60. The molecule has 3 aromatic rings. The second-order valence-electron chi connectivity index (χ2n) is 6.26. The summed E-state index contributed by atoms with van der Waals surface area (Å²) in [5, 5.41) is 7.56. The van der Waals surface area contributed by atoms with Crippen LogP contribution in [0.4, 0.5) is 4.39 Å². The molecule has 0 saturated heterocycles. The van der Waals surface area contributed by atoms with Crippen molar-refractivity contribution in [2.24, 2.45) is 0 Å². The summed E-state index contributed by atoms with van der Waals surface area (Å²) in [6.45, 7) is 1.22. The van der Waals surface area contributed by atoms with E-state index in [0.717, 1.165) is 34.5 Å². The van der Waals surface area contributed by atoms with Gasteiger partial charge in [-0.1, -0.05) is 42.5 Å². The van der Waals surface area contributed by atoms with E-state index in [2.05, 4.69) is 10.2 Å². The summed E-state index contributed by atoms with van der Waals surface area (Å²) in [5.74, 6) is -0.234. The number of aromatic amines is 1. The molecule has 4 nitrogen and oxygen atoms in total. The van der Waals surface area contributed by atoms with Crippen molar-refractivity contribution in [2.75, 3.05) is 6.54 Å². The number of benzene rings is 2. The number of nitrogens with zero attached hydrogens (tertiary/aromatic N) is 2. The summed E-state index contributed by atoms with van der Waals surface area (Å²) in [4.78, 5) is 14.5. The van der Waals surface area contributed by atoms with E-state index in [1.54, 1.807) is 12.1 Å². The summed E-state index contributed by atoms with van der Waals surface area (Å²) < 4.78 is 13.0. The Labute approximate surface area is 145 Å². The van der Waals surface area contributed by atoms with Gasteiger partial charge in [0, 0.05) is 36.3 Å². The Morgan fingerprint density at radius 3 is 2.64 bits per heavy atom. The van der Waals surface area contributed by atoms with Crippen LogP contribution in [0.25, 0.3) is 11.3 Å². The van der Waals surface area contributed by atoms with Crippen LogP contribution in [0.5, 0.6) is 0 Å². The summed E-state index contributed by atoms with van der Waals surface area (Å²) >= 11 is 0. The summed E-state index contributed by atoms with van der Waals surface area (Å²) in [6.07, 6.45) is 1.05. The van der Waals surface area contributed by atoms with Gasteiger partial charge in [0.2, 0.25) is 5.91 Å². The maximum Gasteiger partial charge on any atom is 0.227 e. The van der Waals surface area contributed by atoms with Crippen LogP contribution < -0.4 is 0 Å². The monoisotopic (exact) mass is 335 g/mol. The lowest BCUT2D eigenvalue weighted by molar-refractivity contribution is -0.131. The highest BCUT2D eigenvalue weighted by atomic mass is 19.1. The molecule has 0 saturated carbocycles. The number of rotatable bonds is 3. The fourth-order valence-corrected chi connectivity index (χ4v) is 3.23. The Morgan fingerprint density at radius 2 is 1.88 bits per heavy atom. The third kappa shape index (κ3) is 3.18. The second kappa shape index (κ2) is 6.51. The molecule has 0 unspecified atom stereocenters. The van der Waals surface area contributed by atoms with Crippen molar-refractivity contribution in [1.82, 2.24) is 15.1 Å². The molecule has 4 rings (SSSR count). The van der Waals surface area contributed by atoms with E-state index in [-0.39, 0.29) is 18.1 Å². The van der Waals surface area contributed by atoms with Gasteiger partial charge in [0.15, 0.2) is 0 Å². The Morgan fingerprint density at radius 1 is 1.12 bits per heavy atom. The van der Waals surface area contributed by atoms with E-state index < -0.39 is 0 Å². The fraction of sp³-hybridized carbons (Fsp3) is 0.200. The quantitative estimate of drug-likeness (QED) is 0.798. The van der Waals surface area contributed by atoms with Gasteiger partial charge in [-0.25, -0.2) is 4.39 Å². The van der Waals surface area contributed by atoms with Crippen molar-refractivity contribution in [3.05, 3.63) is 77.2 Å². The molecule has 0 bridgehead atoms. The van der Waals surface area contributed by atoms with Crippen molar-refractivity contribution in [2.45, 2.75) is 19.4 Å². The number of halogens is 1. The molecule has 1 aliphatic heterocycles. The van der Waals surface area contributed by atoms with Gasteiger partial charge in [-0.3, -0.25) is 9.89 Å². The zero-order valence-electron chi connectivity index (χ0n) is 13.7. The number of aromatic nitrogens is 2. The second-order valence-corrected chi connectivity index (χ2v) is 6.26. The zero-order chi connectivity index (χ0) is 17.2. The van der Waals surface area contributed by atoms with Crippen LogP contribution in [0.1, 0.15) is 16.8 Å². The van der Waals surface area contributed by atoms with Crippen LogP contribution in [0.15, 0.2) is 54.6 Å². The number of nitrogens with one attached hydrogen (secondary N) is 1. The van der Waals surface area contributed by atoms with Gasteiger partial charge < -0.3 is 4.90 Å². The topological polar surface area (TPSA) is 49.0 Å². The zero-order valence-corrected chi connectivity index (χ0v) is 13.7. The van der Waals surface area contributed by atoms with Crippen molar-refractivity contribution in [1.29, 1.82) is 0 Å². The Hall–Kier alpha value is -2.95. The molecular weight excluding hydrogens is 317 g/mol. The van der Waals surface area contributed by atoms with Crippen molar-refractivity contribution < 1.29 is 9.18 Å². The van der Waals surface area contributed by atoms with Gasteiger partial charge in [-0.15, -0.1) is 0 Å². The lowest BCUT2D eigenvalue weighted by Gasteiger charge is -2.27. The van der Waals surface area contributed by atoms with E-state index in [1.807, 2.05) is 35.2 Å². The van der Waals surface area contributed by atoms with Crippen LogP contribution in [-0.2, 0) is 24.2 Å². The van der Waals surface area contributed by atoms with Crippen LogP contribution in [0.2, 0.25) is 0 Å². The Kier molecular flexibility index (Phi) is 4.06. The van der Waals surface area contributed by atoms with E-state index in [9.17, 15) is 9.18 Å². The van der Waals surface area contributed by atoms with Crippen molar-refractivity contribution in [3.8, 4) is 11.3 Å². The molecule has 126 valence electrons. The van der Waals surface area contributed by atoms with Gasteiger partial charge in [0.05, 0.1) is 12.1 Å². The lowest BCUT2D eigenvalue weighted by Crippen LogP contribution is -2.36. The number of hydrogen-bond donors (Lipinski definition) is 1. The van der Waals surface area contributed by atoms with Crippen LogP contribution in [0, 0.1) is 5.82 Å². The number of H-pyrrole nitrogens is 1. The molecule has 25 heavy (non-hydrogen) atoms. The molecular formula is C20H18FN3O. The van der Waals surface area contributed by atoms with Crippen LogP contribution >= 0.6 is 0 Å². The van der Waals surface area contributed by atoms with Gasteiger partial charge >= 0.3 is 0 Å². The van der Waals surface area contributed by atoms with E-state index in [0.29, 0.717) is 13.1 Å². The summed E-state index contributed by atoms with van der Waals surface area (Å²) in [7, 11) is 0. The maximum atomic E-state index is 13.0. The SMILES string of the molecule is O=C(Cc1ccc(F)cc1)N1CCc2[nH]nc(-c3ccccc3)c2C1. The fourth-order valence-electron chi connectivity index (χ4n) is 3.23. The van der Waals surface area contributed by atoms with Gasteiger partial charge in [0.25, 0.3) is 0 Å². The van der Waals surface area contributed by atoms with E-state index in [4.69, 9.17) is 0 Å². The molecule has 0 aliphatic carbocycles. The average Bonchev–Trinajstić information content (AvgIpc) is 3.07. The van der Waals surface area contributed by atoms with Crippen molar-refractivity contribution in [3.63, 3.8) is 0 Å². The number of carbonyl (C=O) groups is 1. The summed E-state index contributed by atoms with van der Waals surface area (Å²) in [5.41, 5.74) is 4.98. The van der Waals surface area contributed by atoms with Crippen LogP contribution in [-0.4, -0.2) is 27.5 Å². The first-order valence-electron chi connectivity index (χ1n) is 8.34. The molecule has 5 heteroatoms. The largest absolute Gasteiger partial charge is 0.338 e. The third-order valence-corrected chi connectivity index (χ3v) is 4.60. The number of amides is 1. The Bertz CT molecular complexity index is 887. The molecule has 1 N–H and O–H groups in total. The molecule has 1 amide bonds. The lowest BCUT2D eigenvalue weighted by atomic mass is 10.0. The maximum absolute atomic E-state index is 13.0. The van der Waals surface area contributed by atoms with Crippen molar-refractivity contribution >= 4 is 5.91 Å². The minimum absolute atomic E-state index is 0.0532. The van der Waals surface area contributed by atoms with E-state index in [1.165, 1.54) is 12.1 Å². The van der Waals surface area contributed by atoms with Gasteiger partial charge in [-0.05, 0) is 17.7 Å². The molecule has 1 aromatic heterocycles. The average molecular weight is 335 g/mol. The minimum atomic E-state index is -0.287. The highest BCUT2D eigenvalue weighted by Gasteiger charge is 2.25. The molecule has 2 aromatic carbocycles. The molecule has 1 aliphatic rings. The molecule has 0 radical (unpaired) electrons. The first-order chi connectivity index (χ1) is 12.2. The minimum Gasteiger partial charge on any atom is -0.338 e. The first-order valence-corrected chi connectivity index (χ1v) is 8.34. The molecule has 0 atom stereocenters. The smallest absolute Gasteiger partial charge is 0.227 e. The highest BCUT2D eigenvalue weighted by molar-refractivity contribution is 5.79. The Balaban J connectivity index is 1.53. The number of hydrogen-bond acceptors (Lipinski definition) is 2. The standard InChI is InChI=1S/C20H18FN3O/c21-16-8-6-14(7-9-16)12-19(25)24-11-10-18-17(13-24)20(23-22-18)15-4-2-1-3-5-15/h1-9H,10-13H2,(H,22,23). The first kappa shape index (κ1) is 15.6. The predicted octanol–water partition coefficient (Wildman–Crippen LogP) is 3.34. The number of fused-ring (bicyclic) bond motifs is 1. The molecule has 0 spiro atoms.